The smallest absolute Gasteiger partial charge is 0.120 e. The van der Waals surface area contributed by atoms with Crippen molar-refractivity contribution in [3.05, 3.63) is 0 Å². The Morgan fingerprint density at radius 2 is 1.20 bits per heavy atom. The third-order valence-electron chi connectivity index (χ3n) is 5.04. The van der Waals surface area contributed by atoms with Crippen LogP contribution in [0.3, 0.4) is 0 Å². The molecule has 2 spiro atoms. The van der Waals surface area contributed by atoms with E-state index in [1.54, 1.807) is 0 Å². The van der Waals surface area contributed by atoms with Crippen LogP contribution in [0.1, 0.15) is 12.8 Å². The Bertz CT molecular complexity index is 358. The molecule has 0 aromatic heterocycles. The molecule has 4 heterocycles. The van der Waals surface area contributed by atoms with E-state index < -0.39 is 0 Å². The highest BCUT2D eigenvalue weighted by atomic mass is 16.7. The highest BCUT2D eigenvalue weighted by Gasteiger charge is 2.67. The fraction of sp³-hybridized carbons (Fsp3) is 1.00. The fourth-order valence-corrected chi connectivity index (χ4v) is 3.25. The summed E-state index contributed by atoms with van der Waals surface area (Å²) in [6.45, 7) is 4.56. The largest absolute Gasteiger partial charge is 0.372 e. The molecule has 1 saturated carbocycles. The summed E-state index contributed by atoms with van der Waals surface area (Å²) in [5, 5.41) is 0. The third-order valence-corrected chi connectivity index (χ3v) is 5.04. The first-order chi connectivity index (χ1) is 9.78. The van der Waals surface area contributed by atoms with Gasteiger partial charge in [-0.05, 0) is 0 Å². The van der Waals surface area contributed by atoms with E-state index >= 15 is 0 Å². The van der Waals surface area contributed by atoms with Gasteiger partial charge in [-0.3, -0.25) is 0 Å². The van der Waals surface area contributed by atoms with Crippen molar-refractivity contribution in [2.24, 2.45) is 0 Å². The molecule has 112 valence electrons. The molecular formula is C14H20O6. The van der Waals surface area contributed by atoms with E-state index in [1.807, 2.05) is 0 Å². The van der Waals surface area contributed by atoms with Gasteiger partial charge in [-0.25, -0.2) is 0 Å². The van der Waals surface area contributed by atoms with Gasteiger partial charge in [0.05, 0.1) is 51.8 Å². The molecule has 4 aliphatic heterocycles. The second-order valence-electron chi connectivity index (χ2n) is 6.67. The van der Waals surface area contributed by atoms with Crippen LogP contribution >= 0.6 is 0 Å². The molecule has 6 heteroatoms. The fourth-order valence-electron chi connectivity index (χ4n) is 3.25. The molecule has 6 unspecified atom stereocenters. The van der Waals surface area contributed by atoms with Crippen LogP contribution in [0.2, 0.25) is 0 Å². The van der Waals surface area contributed by atoms with Crippen molar-refractivity contribution in [2.75, 3.05) is 39.6 Å². The summed E-state index contributed by atoms with van der Waals surface area (Å²) in [7, 11) is 0. The monoisotopic (exact) mass is 284 g/mol. The Balaban J connectivity index is 1.25. The molecule has 0 bridgehead atoms. The van der Waals surface area contributed by atoms with Crippen molar-refractivity contribution < 1.29 is 28.4 Å². The molecule has 6 atom stereocenters. The van der Waals surface area contributed by atoms with E-state index in [1.165, 1.54) is 0 Å². The van der Waals surface area contributed by atoms with Crippen molar-refractivity contribution >= 4 is 0 Å². The molecule has 5 aliphatic rings. The zero-order chi connectivity index (χ0) is 13.2. The van der Waals surface area contributed by atoms with Gasteiger partial charge in [0.25, 0.3) is 0 Å². The minimum absolute atomic E-state index is 0.117. The van der Waals surface area contributed by atoms with Crippen molar-refractivity contribution in [3.63, 3.8) is 0 Å². The number of hydrogen-bond acceptors (Lipinski definition) is 6. The molecule has 0 aromatic rings. The highest BCUT2D eigenvalue weighted by molar-refractivity contribution is 5.16. The first-order valence-electron chi connectivity index (χ1n) is 7.52. The molecule has 1 aliphatic carbocycles. The minimum atomic E-state index is -0.138. The van der Waals surface area contributed by atoms with Crippen molar-refractivity contribution in [3.8, 4) is 0 Å². The molecular weight excluding hydrogens is 264 g/mol. The average Bonchev–Trinajstić information content (AvgIpc) is 3.32. The van der Waals surface area contributed by atoms with Gasteiger partial charge >= 0.3 is 0 Å². The van der Waals surface area contributed by atoms with E-state index in [9.17, 15) is 0 Å². The molecule has 0 aromatic carbocycles. The van der Waals surface area contributed by atoms with E-state index in [2.05, 4.69) is 0 Å². The maximum atomic E-state index is 6.04. The first kappa shape index (κ1) is 12.3. The topological polar surface area (TPSA) is 68.6 Å². The van der Waals surface area contributed by atoms with E-state index in [0.29, 0.717) is 25.4 Å². The van der Waals surface area contributed by atoms with Gasteiger partial charge in [-0.1, -0.05) is 0 Å². The van der Waals surface area contributed by atoms with Crippen LogP contribution in [0.4, 0.5) is 0 Å². The zero-order valence-electron chi connectivity index (χ0n) is 11.4. The lowest BCUT2D eigenvalue weighted by Crippen LogP contribution is -2.52. The zero-order valence-corrected chi connectivity index (χ0v) is 11.4. The summed E-state index contributed by atoms with van der Waals surface area (Å²) in [5.41, 5.74) is -0.275. The van der Waals surface area contributed by atoms with Crippen LogP contribution in [-0.2, 0) is 28.4 Å². The highest BCUT2D eigenvalue weighted by Crippen LogP contribution is 2.53. The summed E-state index contributed by atoms with van der Waals surface area (Å²) >= 11 is 0. The SMILES string of the molecule is C1OC1COC1CC2(CO2)C(OCC2CO2)CC12CO2. The molecule has 0 N–H and O–H groups in total. The lowest BCUT2D eigenvalue weighted by Gasteiger charge is -2.38. The summed E-state index contributed by atoms with van der Waals surface area (Å²) in [5.74, 6) is 0. The average molecular weight is 284 g/mol. The Morgan fingerprint density at radius 3 is 1.50 bits per heavy atom. The lowest BCUT2D eigenvalue weighted by molar-refractivity contribution is -0.115. The van der Waals surface area contributed by atoms with Gasteiger partial charge in [0, 0.05) is 12.8 Å². The van der Waals surface area contributed by atoms with E-state index in [0.717, 1.165) is 39.3 Å². The van der Waals surface area contributed by atoms with Gasteiger partial charge in [0.1, 0.15) is 23.4 Å². The number of hydrogen-bond donors (Lipinski definition) is 0. The van der Waals surface area contributed by atoms with Crippen LogP contribution in [0, 0.1) is 0 Å². The van der Waals surface area contributed by atoms with E-state index in [-0.39, 0.29) is 23.4 Å². The van der Waals surface area contributed by atoms with Crippen molar-refractivity contribution in [2.45, 2.75) is 48.5 Å². The third kappa shape index (κ3) is 2.19. The summed E-state index contributed by atoms with van der Waals surface area (Å²) < 4.78 is 34.0. The molecule has 4 saturated heterocycles. The summed E-state index contributed by atoms with van der Waals surface area (Å²) in [6.07, 6.45) is 2.56. The maximum absolute atomic E-state index is 6.04. The van der Waals surface area contributed by atoms with Crippen LogP contribution in [-0.4, -0.2) is 75.3 Å². The Labute approximate surface area is 117 Å². The standard InChI is InChI=1S/C14H20O6/c1-11(17-5-9-3-15-9)14(8-20-14)2-12(13(1)7-19-13)18-6-10-4-16-10/h9-12H,1-8H2. The second kappa shape index (κ2) is 4.15. The molecule has 5 rings (SSSR count). The summed E-state index contributed by atoms with van der Waals surface area (Å²) in [4.78, 5) is 0. The predicted octanol–water partition coefficient (Wildman–Crippen LogP) is -0.114. The van der Waals surface area contributed by atoms with Gasteiger partial charge in [0.15, 0.2) is 0 Å². The number of epoxide rings is 4. The Morgan fingerprint density at radius 1 is 0.800 bits per heavy atom. The number of ether oxygens (including phenoxy) is 6. The molecule has 0 amide bonds. The van der Waals surface area contributed by atoms with Crippen LogP contribution < -0.4 is 0 Å². The maximum Gasteiger partial charge on any atom is 0.120 e. The van der Waals surface area contributed by atoms with E-state index in [4.69, 9.17) is 28.4 Å². The first-order valence-corrected chi connectivity index (χ1v) is 7.52. The van der Waals surface area contributed by atoms with Crippen LogP contribution in [0.5, 0.6) is 0 Å². The molecule has 0 radical (unpaired) electrons. The quantitative estimate of drug-likeness (QED) is 0.634. The normalized spacial score (nSPS) is 55.2. The molecule has 20 heavy (non-hydrogen) atoms. The lowest BCUT2D eigenvalue weighted by atomic mass is 9.77. The van der Waals surface area contributed by atoms with Gasteiger partial charge in [0.2, 0.25) is 0 Å². The second-order valence-corrected chi connectivity index (χ2v) is 6.67. The Kier molecular flexibility index (Phi) is 2.56. The molecule has 6 nitrogen and oxygen atoms in total. The number of rotatable bonds is 6. The molecule has 5 fully saturated rings. The summed E-state index contributed by atoms with van der Waals surface area (Å²) in [6, 6.07) is 0. The minimum Gasteiger partial charge on any atom is -0.372 e. The van der Waals surface area contributed by atoms with Gasteiger partial charge in [-0.2, -0.15) is 0 Å². The predicted molar refractivity (Wildman–Crippen MR) is 65.6 cm³/mol. The van der Waals surface area contributed by atoms with Gasteiger partial charge < -0.3 is 28.4 Å². The van der Waals surface area contributed by atoms with Crippen LogP contribution in [0.15, 0.2) is 0 Å². The van der Waals surface area contributed by atoms with Gasteiger partial charge in [-0.15, -0.1) is 0 Å². The van der Waals surface area contributed by atoms with Crippen LogP contribution in [0.25, 0.3) is 0 Å². The Hall–Kier alpha value is -0.240. The van der Waals surface area contributed by atoms with Crippen molar-refractivity contribution in [1.82, 2.24) is 0 Å². The van der Waals surface area contributed by atoms with Crippen molar-refractivity contribution in [1.29, 1.82) is 0 Å².